The van der Waals surface area contributed by atoms with Crippen LogP contribution in [-0.2, 0) is 24.9 Å². The minimum atomic E-state index is -0.650. The first-order chi connectivity index (χ1) is 9.27. The second-order valence-corrected chi connectivity index (χ2v) is 5.97. The molecule has 0 bridgehead atoms. The zero-order valence-electron chi connectivity index (χ0n) is 11.0. The molecule has 2 aromatic carbocycles. The molecule has 0 aromatic heterocycles. The van der Waals surface area contributed by atoms with E-state index < -0.39 is 5.60 Å². The number of hydrogen-bond acceptors (Lipinski definition) is 1. The van der Waals surface area contributed by atoms with Crippen LogP contribution in [-0.4, -0.2) is 5.11 Å². The van der Waals surface area contributed by atoms with Crippen LogP contribution in [0.1, 0.15) is 28.7 Å². The van der Waals surface area contributed by atoms with Crippen LogP contribution < -0.4 is 0 Å². The lowest BCUT2D eigenvalue weighted by Crippen LogP contribution is -2.33. The highest BCUT2D eigenvalue weighted by atomic mass is 16.3. The summed E-state index contributed by atoms with van der Waals surface area (Å²) in [5.41, 5.74) is 4.60. The second-order valence-electron chi connectivity index (χ2n) is 5.97. The summed E-state index contributed by atoms with van der Waals surface area (Å²) in [5, 5.41) is 11.3. The van der Waals surface area contributed by atoms with Crippen molar-refractivity contribution in [2.24, 2.45) is 5.92 Å². The molecule has 0 heterocycles. The summed E-state index contributed by atoms with van der Waals surface area (Å²) in [6.45, 7) is 0. The van der Waals surface area contributed by atoms with Crippen molar-refractivity contribution in [3.8, 4) is 0 Å². The Bertz CT molecular complexity index is 631. The molecular formula is C18H18O. The Morgan fingerprint density at radius 3 is 2.42 bits per heavy atom. The number of benzene rings is 2. The van der Waals surface area contributed by atoms with Crippen LogP contribution in [0.25, 0.3) is 0 Å². The maximum absolute atomic E-state index is 11.3. The Kier molecular flexibility index (Phi) is 2.33. The standard InChI is InChI=1S/C18H18O/c19-18-12-15-7-2-1-5-13(15)9-10-16(18)11-14-6-3-4-8-17(14)18/h1-8,16,19H,9-12H2/t16-,18-/m0/s1. The van der Waals surface area contributed by atoms with Crippen molar-refractivity contribution >= 4 is 0 Å². The Morgan fingerprint density at radius 2 is 1.58 bits per heavy atom. The third-order valence-electron chi connectivity index (χ3n) is 4.97. The highest BCUT2D eigenvalue weighted by Crippen LogP contribution is 2.47. The third-order valence-corrected chi connectivity index (χ3v) is 4.97. The van der Waals surface area contributed by atoms with Gasteiger partial charge in [0, 0.05) is 6.42 Å². The van der Waals surface area contributed by atoms with Gasteiger partial charge in [0.1, 0.15) is 0 Å². The fourth-order valence-corrected chi connectivity index (χ4v) is 3.95. The Labute approximate surface area is 113 Å². The second kappa shape index (κ2) is 3.94. The lowest BCUT2D eigenvalue weighted by molar-refractivity contribution is -0.0114. The van der Waals surface area contributed by atoms with E-state index in [2.05, 4.69) is 48.5 Å². The molecule has 0 amide bonds. The summed E-state index contributed by atoms with van der Waals surface area (Å²) < 4.78 is 0. The van der Waals surface area contributed by atoms with Crippen LogP contribution in [0.2, 0.25) is 0 Å². The van der Waals surface area contributed by atoms with Crippen LogP contribution >= 0.6 is 0 Å². The van der Waals surface area contributed by atoms with Crippen molar-refractivity contribution in [1.82, 2.24) is 0 Å². The summed E-state index contributed by atoms with van der Waals surface area (Å²) in [7, 11) is 0. The first kappa shape index (κ1) is 11.2. The molecule has 2 aliphatic carbocycles. The van der Waals surface area contributed by atoms with Gasteiger partial charge in [0.25, 0.3) is 0 Å². The summed E-state index contributed by atoms with van der Waals surface area (Å²) in [6.07, 6.45) is 3.98. The van der Waals surface area contributed by atoms with E-state index >= 15 is 0 Å². The molecule has 19 heavy (non-hydrogen) atoms. The van der Waals surface area contributed by atoms with Gasteiger partial charge in [-0.05, 0) is 47.4 Å². The van der Waals surface area contributed by atoms with E-state index in [4.69, 9.17) is 0 Å². The molecule has 2 atom stereocenters. The van der Waals surface area contributed by atoms with Gasteiger partial charge < -0.3 is 5.11 Å². The van der Waals surface area contributed by atoms with E-state index in [1.165, 1.54) is 16.7 Å². The van der Waals surface area contributed by atoms with E-state index in [9.17, 15) is 5.11 Å². The van der Waals surface area contributed by atoms with Crippen molar-refractivity contribution in [2.45, 2.75) is 31.3 Å². The highest BCUT2D eigenvalue weighted by Gasteiger charge is 2.46. The van der Waals surface area contributed by atoms with Crippen molar-refractivity contribution in [3.05, 3.63) is 70.8 Å². The summed E-state index contributed by atoms with van der Waals surface area (Å²) in [6, 6.07) is 17.0. The lowest BCUT2D eigenvalue weighted by atomic mass is 9.82. The van der Waals surface area contributed by atoms with Crippen molar-refractivity contribution < 1.29 is 5.11 Å². The summed E-state index contributed by atoms with van der Waals surface area (Å²) >= 11 is 0. The number of aliphatic hydroxyl groups is 1. The molecule has 0 unspecified atom stereocenters. The van der Waals surface area contributed by atoms with Gasteiger partial charge in [0.05, 0.1) is 5.60 Å². The van der Waals surface area contributed by atoms with Crippen LogP contribution in [0.4, 0.5) is 0 Å². The largest absolute Gasteiger partial charge is 0.385 e. The Hall–Kier alpha value is -1.60. The molecule has 1 heteroatoms. The average molecular weight is 250 g/mol. The molecule has 0 saturated heterocycles. The van der Waals surface area contributed by atoms with Gasteiger partial charge in [0.2, 0.25) is 0 Å². The fourth-order valence-electron chi connectivity index (χ4n) is 3.95. The predicted molar refractivity (Wildman–Crippen MR) is 76.0 cm³/mol. The molecule has 1 N–H and O–H groups in total. The normalized spacial score (nSPS) is 28.2. The zero-order chi connectivity index (χ0) is 12.9. The minimum absolute atomic E-state index is 0.372. The Morgan fingerprint density at radius 1 is 0.895 bits per heavy atom. The first-order valence-electron chi connectivity index (χ1n) is 7.15. The van der Waals surface area contributed by atoms with Gasteiger partial charge in [0.15, 0.2) is 0 Å². The van der Waals surface area contributed by atoms with Crippen LogP contribution in [0, 0.1) is 5.92 Å². The smallest absolute Gasteiger partial charge is 0.0970 e. The summed E-state index contributed by atoms with van der Waals surface area (Å²) in [5.74, 6) is 0.372. The van der Waals surface area contributed by atoms with Gasteiger partial charge in [-0.1, -0.05) is 48.5 Å². The van der Waals surface area contributed by atoms with Crippen LogP contribution in [0.3, 0.4) is 0 Å². The molecule has 4 rings (SSSR count). The van der Waals surface area contributed by atoms with E-state index in [0.29, 0.717) is 5.92 Å². The van der Waals surface area contributed by atoms with Gasteiger partial charge in [-0.2, -0.15) is 0 Å². The molecule has 2 aliphatic rings. The van der Waals surface area contributed by atoms with E-state index in [1.54, 1.807) is 0 Å². The molecule has 0 aliphatic heterocycles. The lowest BCUT2D eigenvalue weighted by Gasteiger charge is -2.29. The Balaban J connectivity index is 1.85. The van der Waals surface area contributed by atoms with Gasteiger partial charge in [-0.15, -0.1) is 0 Å². The van der Waals surface area contributed by atoms with Crippen LogP contribution in [0.5, 0.6) is 0 Å². The van der Waals surface area contributed by atoms with E-state index in [-0.39, 0.29) is 0 Å². The SMILES string of the molecule is O[C@@]12Cc3ccccc3CC[C@H]1Cc1ccccc12. The quantitative estimate of drug-likeness (QED) is 0.761. The van der Waals surface area contributed by atoms with Crippen molar-refractivity contribution in [1.29, 1.82) is 0 Å². The zero-order valence-corrected chi connectivity index (χ0v) is 11.0. The summed E-state index contributed by atoms with van der Waals surface area (Å²) in [4.78, 5) is 0. The third kappa shape index (κ3) is 1.58. The maximum Gasteiger partial charge on any atom is 0.0970 e. The topological polar surface area (TPSA) is 20.2 Å². The van der Waals surface area contributed by atoms with E-state index in [0.717, 1.165) is 31.2 Å². The number of hydrogen-bond donors (Lipinski definition) is 1. The highest BCUT2D eigenvalue weighted by molar-refractivity contribution is 5.42. The van der Waals surface area contributed by atoms with Crippen molar-refractivity contribution in [3.63, 3.8) is 0 Å². The monoisotopic (exact) mass is 250 g/mol. The first-order valence-corrected chi connectivity index (χ1v) is 7.15. The van der Waals surface area contributed by atoms with Gasteiger partial charge in [-0.25, -0.2) is 0 Å². The average Bonchev–Trinajstić information content (AvgIpc) is 2.62. The molecule has 96 valence electrons. The van der Waals surface area contributed by atoms with Gasteiger partial charge >= 0.3 is 0 Å². The fraction of sp³-hybridized carbons (Fsp3) is 0.333. The number of aryl methyl sites for hydroxylation is 1. The number of rotatable bonds is 0. The van der Waals surface area contributed by atoms with Crippen molar-refractivity contribution in [2.75, 3.05) is 0 Å². The number of fused-ring (bicyclic) bond motifs is 4. The molecule has 1 nitrogen and oxygen atoms in total. The molecule has 2 aromatic rings. The molecule has 0 radical (unpaired) electrons. The van der Waals surface area contributed by atoms with Gasteiger partial charge in [-0.3, -0.25) is 0 Å². The predicted octanol–water partition coefficient (Wildman–Crippen LogP) is 3.24. The molecular weight excluding hydrogens is 232 g/mol. The molecule has 0 saturated carbocycles. The maximum atomic E-state index is 11.3. The molecule has 0 fully saturated rings. The van der Waals surface area contributed by atoms with Crippen LogP contribution in [0.15, 0.2) is 48.5 Å². The van der Waals surface area contributed by atoms with E-state index in [1.807, 2.05) is 0 Å². The molecule has 0 spiro atoms. The minimum Gasteiger partial charge on any atom is -0.385 e.